The molecule has 2 rings (SSSR count). The standard InChI is InChI=1S/C10H18O6/c1-11-5-15-7-3-13-10-8(16-6-12-2)4-14-9(7)10/h7-10H,3-6H2,1-2H3/t7-,8-,9+,10+/m0/s1. The molecule has 0 radical (unpaired) electrons. The highest BCUT2D eigenvalue weighted by Gasteiger charge is 2.48. The van der Waals surface area contributed by atoms with E-state index in [0.717, 1.165) is 0 Å². The summed E-state index contributed by atoms with van der Waals surface area (Å²) in [6.07, 6.45) is -0.254. The van der Waals surface area contributed by atoms with E-state index in [1.54, 1.807) is 14.2 Å². The van der Waals surface area contributed by atoms with Gasteiger partial charge in [0.1, 0.15) is 38.0 Å². The third-order valence-electron chi connectivity index (χ3n) is 2.76. The molecule has 0 amide bonds. The summed E-state index contributed by atoms with van der Waals surface area (Å²) < 4.78 is 31.9. The quantitative estimate of drug-likeness (QED) is 0.591. The molecule has 0 unspecified atom stereocenters. The molecule has 6 nitrogen and oxygen atoms in total. The van der Waals surface area contributed by atoms with Gasteiger partial charge >= 0.3 is 0 Å². The highest BCUT2D eigenvalue weighted by Crippen LogP contribution is 2.30. The maximum Gasteiger partial charge on any atom is 0.146 e. The normalized spacial score (nSPS) is 37.9. The zero-order chi connectivity index (χ0) is 11.4. The summed E-state index contributed by atoms with van der Waals surface area (Å²) in [6, 6.07) is 0. The molecule has 0 N–H and O–H groups in total. The molecule has 94 valence electrons. The van der Waals surface area contributed by atoms with Crippen molar-refractivity contribution < 1.29 is 28.4 Å². The number of hydrogen-bond acceptors (Lipinski definition) is 6. The van der Waals surface area contributed by atoms with Gasteiger partial charge in [-0.05, 0) is 0 Å². The van der Waals surface area contributed by atoms with Crippen LogP contribution in [0.15, 0.2) is 0 Å². The molecule has 2 aliphatic heterocycles. The second-order valence-electron chi connectivity index (χ2n) is 3.82. The number of rotatable bonds is 6. The first-order valence-corrected chi connectivity index (χ1v) is 5.31. The zero-order valence-electron chi connectivity index (χ0n) is 9.59. The lowest BCUT2D eigenvalue weighted by molar-refractivity contribution is -0.118. The van der Waals surface area contributed by atoms with Crippen molar-refractivity contribution in [3.05, 3.63) is 0 Å². The largest absolute Gasteiger partial charge is 0.370 e. The van der Waals surface area contributed by atoms with Crippen molar-refractivity contribution in [1.82, 2.24) is 0 Å². The van der Waals surface area contributed by atoms with Crippen molar-refractivity contribution in [3.63, 3.8) is 0 Å². The Labute approximate surface area is 94.7 Å². The monoisotopic (exact) mass is 234 g/mol. The molecule has 0 aromatic rings. The van der Waals surface area contributed by atoms with Crippen LogP contribution in [0.1, 0.15) is 0 Å². The van der Waals surface area contributed by atoms with Crippen molar-refractivity contribution in [2.24, 2.45) is 0 Å². The third-order valence-corrected chi connectivity index (χ3v) is 2.76. The van der Waals surface area contributed by atoms with E-state index >= 15 is 0 Å². The van der Waals surface area contributed by atoms with Gasteiger partial charge in [0.2, 0.25) is 0 Å². The van der Waals surface area contributed by atoms with E-state index in [2.05, 4.69) is 0 Å². The summed E-state index contributed by atoms with van der Waals surface area (Å²) >= 11 is 0. The van der Waals surface area contributed by atoms with E-state index in [1.165, 1.54) is 0 Å². The smallest absolute Gasteiger partial charge is 0.146 e. The Bertz CT molecular complexity index is 189. The molecule has 6 heteroatoms. The molecule has 2 fully saturated rings. The average molecular weight is 234 g/mol. The van der Waals surface area contributed by atoms with Crippen LogP contribution in [0.5, 0.6) is 0 Å². The van der Waals surface area contributed by atoms with Gasteiger partial charge in [-0.15, -0.1) is 0 Å². The van der Waals surface area contributed by atoms with Crippen molar-refractivity contribution in [2.45, 2.75) is 24.4 Å². The molecule has 0 saturated carbocycles. The van der Waals surface area contributed by atoms with Gasteiger partial charge in [-0.25, -0.2) is 0 Å². The molecule has 0 aromatic heterocycles. The molecular formula is C10H18O6. The fourth-order valence-electron chi connectivity index (χ4n) is 2.03. The van der Waals surface area contributed by atoms with Crippen LogP contribution in [0.3, 0.4) is 0 Å². The minimum atomic E-state index is -0.0684. The predicted octanol–water partition coefficient (Wildman–Crippen LogP) is -0.238. The van der Waals surface area contributed by atoms with Crippen LogP contribution < -0.4 is 0 Å². The Kier molecular flexibility index (Phi) is 4.51. The maximum atomic E-state index is 5.61. The number of fused-ring (bicyclic) bond motifs is 1. The van der Waals surface area contributed by atoms with Gasteiger partial charge < -0.3 is 28.4 Å². The van der Waals surface area contributed by atoms with Crippen molar-refractivity contribution in [1.29, 1.82) is 0 Å². The Hall–Kier alpha value is -0.240. The van der Waals surface area contributed by atoms with Gasteiger partial charge in [-0.3, -0.25) is 0 Å². The van der Waals surface area contributed by atoms with Gasteiger partial charge in [0.15, 0.2) is 0 Å². The third kappa shape index (κ3) is 2.53. The van der Waals surface area contributed by atoms with E-state index in [1.807, 2.05) is 0 Å². The second kappa shape index (κ2) is 5.90. The zero-order valence-corrected chi connectivity index (χ0v) is 9.59. The molecule has 0 bridgehead atoms. The molecular weight excluding hydrogens is 216 g/mol. The summed E-state index contributed by atoms with van der Waals surface area (Å²) in [5, 5.41) is 0. The van der Waals surface area contributed by atoms with E-state index in [0.29, 0.717) is 13.2 Å². The Morgan fingerprint density at radius 1 is 0.875 bits per heavy atom. The number of methoxy groups -OCH3 is 2. The fourth-order valence-corrected chi connectivity index (χ4v) is 2.03. The Morgan fingerprint density at radius 2 is 1.31 bits per heavy atom. The molecule has 4 atom stereocenters. The van der Waals surface area contributed by atoms with Crippen molar-refractivity contribution >= 4 is 0 Å². The molecule has 2 heterocycles. The van der Waals surface area contributed by atoms with Crippen LogP contribution in [-0.2, 0) is 28.4 Å². The summed E-state index contributed by atoms with van der Waals surface area (Å²) in [6.45, 7) is 1.55. The topological polar surface area (TPSA) is 55.4 Å². The van der Waals surface area contributed by atoms with Gasteiger partial charge in [0.05, 0.1) is 13.2 Å². The minimum absolute atomic E-state index is 0.0583. The van der Waals surface area contributed by atoms with E-state index in [-0.39, 0.29) is 38.0 Å². The second-order valence-corrected chi connectivity index (χ2v) is 3.82. The van der Waals surface area contributed by atoms with Crippen molar-refractivity contribution in [2.75, 3.05) is 41.0 Å². The first-order chi connectivity index (χ1) is 7.86. The molecule has 2 aliphatic rings. The summed E-state index contributed by atoms with van der Waals surface area (Å²) in [5.41, 5.74) is 0. The molecule has 16 heavy (non-hydrogen) atoms. The Balaban J connectivity index is 1.80. The molecule has 0 aromatic carbocycles. The molecule has 2 saturated heterocycles. The van der Waals surface area contributed by atoms with Crippen LogP contribution >= 0.6 is 0 Å². The maximum absolute atomic E-state index is 5.61. The minimum Gasteiger partial charge on any atom is -0.370 e. The summed E-state index contributed by atoms with van der Waals surface area (Å²) in [7, 11) is 3.18. The summed E-state index contributed by atoms with van der Waals surface area (Å²) in [5.74, 6) is 0. The van der Waals surface area contributed by atoms with E-state index < -0.39 is 0 Å². The lowest BCUT2D eigenvalue weighted by Crippen LogP contribution is -2.34. The summed E-state index contributed by atoms with van der Waals surface area (Å²) in [4.78, 5) is 0. The van der Waals surface area contributed by atoms with Gasteiger partial charge in [0, 0.05) is 14.2 Å². The highest BCUT2D eigenvalue weighted by atomic mass is 16.7. The lowest BCUT2D eigenvalue weighted by atomic mass is 10.1. The first kappa shape index (κ1) is 12.2. The van der Waals surface area contributed by atoms with Crippen LogP contribution in [0.4, 0.5) is 0 Å². The van der Waals surface area contributed by atoms with Gasteiger partial charge in [-0.1, -0.05) is 0 Å². The van der Waals surface area contributed by atoms with E-state index in [4.69, 9.17) is 28.4 Å². The average Bonchev–Trinajstić information content (AvgIpc) is 2.86. The van der Waals surface area contributed by atoms with Crippen LogP contribution in [-0.4, -0.2) is 65.4 Å². The molecule has 0 aliphatic carbocycles. The van der Waals surface area contributed by atoms with E-state index in [9.17, 15) is 0 Å². The molecule has 0 spiro atoms. The van der Waals surface area contributed by atoms with Gasteiger partial charge in [-0.2, -0.15) is 0 Å². The predicted molar refractivity (Wildman–Crippen MR) is 53.0 cm³/mol. The highest BCUT2D eigenvalue weighted by molar-refractivity contribution is 4.95. The SMILES string of the molecule is COCO[C@H]1CO[C@H]2[C@@H]1OC[C@@H]2OCOC. The van der Waals surface area contributed by atoms with Gasteiger partial charge in [0.25, 0.3) is 0 Å². The van der Waals surface area contributed by atoms with Crippen LogP contribution in [0.2, 0.25) is 0 Å². The Morgan fingerprint density at radius 3 is 1.69 bits per heavy atom. The number of ether oxygens (including phenoxy) is 6. The fraction of sp³-hybridized carbons (Fsp3) is 1.00. The number of hydrogen-bond donors (Lipinski definition) is 0. The lowest BCUT2D eigenvalue weighted by Gasteiger charge is -2.16. The first-order valence-electron chi connectivity index (χ1n) is 5.31. The van der Waals surface area contributed by atoms with Crippen LogP contribution in [0.25, 0.3) is 0 Å². The van der Waals surface area contributed by atoms with Crippen molar-refractivity contribution in [3.8, 4) is 0 Å². The van der Waals surface area contributed by atoms with Crippen LogP contribution in [0, 0.1) is 0 Å².